The number of rotatable bonds is 5. The van der Waals surface area contributed by atoms with Crippen molar-refractivity contribution in [2.24, 2.45) is 23.7 Å². The second-order valence-electron chi connectivity index (χ2n) is 5.55. The van der Waals surface area contributed by atoms with Crippen molar-refractivity contribution < 1.29 is 0 Å². The Balaban J connectivity index is 2.41. The molecule has 0 aromatic heterocycles. The summed E-state index contributed by atoms with van der Waals surface area (Å²) in [6.07, 6.45) is 5.77. The van der Waals surface area contributed by atoms with Gasteiger partial charge in [-0.2, -0.15) is 0 Å². The third-order valence-electron chi connectivity index (χ3n) is 4.30. The van der Waals surface area contributed by atoms with E-state index in [1.165, 1.54) is 32.2 Å². The Morgan fingerprint density at radius 3 is 2.40 bits per heavy atom. The van der Waals surface area contributed by atoms with Gasteiger partial charge in [-0.05, 0) is 56.0 Å². The molecule has 0 amide bonds. The highest BCUT2D eigenvalue weighted by atomic mass is 14.8. The zero-order chi connectivity index (χ0) is 11.3. The van der Waals surface area contributed by atoms with E-state index in [1.54, 1.807) is 0 Å². The van der Waals surface area contributed by atoms with E-state index < -0.39 is 0 Å². The lowest BCUT2D eigenvalue weighted by Crippen LogP contribution is -2.34. The topological polar surface area (TPSA) is 12.0 Å². The highest BCUT2D eigenvalue weighted by molar-refractivity contribution is 4.81. The van der Waals surface area contributed by atoms with E-state index in [2.05, 4.69) is 33.0 Å². The number of nitrogens with one attached hydrogen (secondary N) is 1. The van der Waals surface area contributed by atoms with Crippen LogP contribution in [-0.4, -0.2) is 13.1 Å². The summed E-state index contributed by atoms with van der Waals surface area (Å²) in [7, 11) is 0. The van der Waals surface area contributed by atoms with Gasteiger partial charge in [-0.1, -0.05) is 34.1 Å². The van der Waals surface area contributed by atoms with Crippen LogP contribution in [0.1, 0.15) is 53.4 Å². The fourth-order valence-electron chi connectivity index (χ4n) is 3.07. The molecule has 0 radical (unpaired) electrons. The third-order valence-corrected chi connectivity index (χ3v) is 4.30. The Hall–Kier alpha value is -0.0400. The average Bonchev–Trinajstić information content (AvgIpc) is 2.25. The molecule has 1 saturated carbocycles. The molecular formula is C14H29N. The molecule has 3 atom stereocenters. The van der Waals surface area contributed by atoms with Gasteiger partial charge in [0.05, 0.1) is 0 Å². The van der Waals surface area contributed by atoms with Crippen molar-refractivity contribution in [3.05, 3.63) is 0 Å². The summed E-state index contributed by atoms with van der Waals surface area (Å²) in [4.78, 5) is 0. The first-order valence-electron chi connectivity index (χ1n) is 6.89. The molecule has 1 N–H and O–H groups in total. The first-order chi connectivity index (χ1) is 7.19. The lowest BCUT2D eigenvalue weighted by molar-refractivity contribution is 0.142. The summed E-state index contributed by atoms with van der Waals surface area (Å²) >= 11 is 0. The summed E-state index contributed by atoms with van der Waals surface area (Å²) in [6.45, 7) is 11.7. The molecule has 0 bridgehead atoms. The van der Waals surface area contributed by atoms with Crippen molar-refractivity contribution in [3.63, 3.8) is 0 Å². The molecule has 0 heterocycles. The second kappa shape index (κ2) is 6.52. The van der Waals surface area contributed by atoms with Gasteiger partial charge >= 0.3 is 0 Å². The first-order valence-corrected chi connectivity index (χ1v) is 6.89. The molecule has 1 aliphatic rings. The fraction of sp³-hybridized carbons (Fsp3) is 1.00. The Labute approximate surface area is 96.0 Å². The van der Waals surface area contributed by atoms with Crippen LogP contribution < -0.4 is 5.32 Å². The summed E-state index contributed by atoms with van der Waals surface area (Å²) < 4.78 is 0. The summed E-state index contributed by atoms with van der Waals surface area (Å²) in [6, 6.07) is 0. The van der Waals surface area contributed by atoms with E-state index in [4.69, 9.17) is 0 Å². The predicted octanol–water partition coefficient (Wildman–Crippen LogP) is 3.69. The Bertz CT molecular complexity index is 165. The minimum absolute atomic E-state index is 0.888. The zero-order valence-corrected chi connectivity index (χ0v) is 11.1. The highest BCUT2D eigenvalue weighted by Gasteiger charge is 2.30. The van der Waals surface area contributed by atoms with Gasteiger partial charge in [0.1, 0.15) is 0 Å². The van der Waals surface area contributed by atoms with Gasteiger partial charge in [-0.15, -0.1) is 0 Å². The van der Waals surface area contributed by atoms with Crippen LogP contribution in [-0.2, 0) is 0 Å². The molecule has 0 saturated heterocycles. The van der Waals surface area contributed by atoms with Crippen molar-refractivity contribution in [1.29, 1.82) is 0 Å². The largest absolute Gasteiger partial charge is 0.317 e. The molecule has 90 valence electrons. The van der Waals surface area contributed by atoms with Crippen molar-refractivity contribution in [2.45, 2.75) is 53.4 Å². The van der Waals surface area contributed by atoms with Crippen LogP contribution in [0.5, 0.6) is 0 Å². The van der Waals surface area contributed by atoms with Gasteiger partial charge in [0, 0.05) is 0 Å². The lowest BCUT2D eigenvalue weighted by atomic mass is 9.69. The highest BCUT2D eigenvalue weighted by Crippen LogP contribution is 2.38. The minimum Gasteiger partial charge on any atom is -0.317 e. The van der Waals surface area contributed by atoms with Gasteiger partial charge in [0.15, 0.2) is 0 Å². The van der Waals surface area contributed by atoms with Crippen molar-refractivity contribution in [3.8, 4) is 0 Å². The van der Waals surface area contributed by atoms with Gasteiger partial charge in [-0.3, -0.25) is 0 Å². The molecule has 1 fully saturated rings. The second-order valence-corrected chi connectivity index (χ2v) is 5.55. The van der Waals surface area contributed by atoms with Crippen LogP contribution in [0.2, 0.25) is 0 Å². The first kappa shape index (κ1) is 13.0. The minimum atomic E-state index is 0.888. The van der Waals surface area contributed by atoms with Crippen LogP contribution in [0, 0.1) is 23.7 Å². The molecule has 1 nitrogen and oxygen atoms in total. The molecule has 1 rings (SSSR count). The van der Waals surface area contributed by atoms with Crippen LogP contribution in [0.3, 0.4) is 0 Å². The van der Waals surface area contributed by atoms with E-state index in [9.17, 15) is 0 Å². The monoisotopic (exact) mass is 211 g/mol. The SMILES string of the molecule is CCNCC1CCC(C(C)C)CC1CC. The molecule has 0 aromatic rings. The van der Waals surface area contributed by atoms with Crippen molar-refractivity contribution >= 4 is 0 Å². The number of hydrogen-bond donors (Lipinski definition) is 1. The van der Waals surface area contributed by atoms with Crippen LogP contribution >= 0.6 is 0 Å². The van der Waals surface area contributed by atoms with Crippen molar-refractivity contribution in [1.82, 2.24) is 5.32 Å². The molecule has 1 aliphatic carbocycles. The van der Waals surface area contributed by atoms with Gasteiger partial charge in [0.2, 0.25) is 0 Å². The summed E-state index contributed by atoms with van der Waals surface area (Å²) in [5.41, 5.74) is 0. The summed E-state index contributed by atoms with van der Waals surface area (Å²) in [5.74, 6) is 3.81. The van der Waals surface area contributed by atoms with Crippen molar-refractivity contribution in [2.75, 3.05) is 13.1 Å². The quantitative estimate of drug-likeness (QED) is 0.731. The molecule has 0 spiro atoms. The van der Waals surface area contributed by atoms with Gasteiger partial charge in [-0.25, -0.2) is 0 Å². The summed E-state index contributed by atoms with van der Waals surface area (Å²) in [5, 5.41) is 3.53. The van der Waals surface area contributed by atoms with Crippen LogP contribution in [0.4, 0.5) is 0 Å². The lowest BCUT2D eigenvalue weighted by Gasteiger charge is -2.37. The van der Waals surface area contributed by atoms with Gasteiger partial charge < -0.3 is 5.32 Å². The Morgan fingerprint density at radius 2 is 1.87 bits per heavy atom. The predicted molar refractivity (Wildman–Crippen MR) is 68.0 cm³/mol. The third kappa shape index (κ3) is 3.79. The molecule has 1 heteroatoms. The van der Waals surface area contributed by atoms with E-state index in [0.29, 0.717) is 0 Å². The maximum absolute atomic E-state index is 3.53. The molecule has 0 aliphatic heterocycles. The standard InChI is InChI=1S/C14H29N/c1-5-12-9-13(11(3)4)7-8-14(12)10-15-6-2/h11-15H,5-10H2,1-4H3. The van der Waals surface area contributed by atoms with Gasteiger partial charge in [0.25, 0.3) is 0 Å². The van der Waals surface area contributed by atoms with Crippen LogP contribution in [0.25, 0.3) is 0 Å². The fourth-order valence-corrected chi connectivity index (χ4v) is 3.07. The van der Waals surface area contributed by atoms with E-state index in [-0.39, 0.29) is 0 Å². The normalized spacial score (nSPS) is 32.2. The number of hydrogen-bond acceptors (Lipinski definition) is 1. The molecule has 3 unspecified atom stereocenters. The average molecular weight is 211 g/mol. The van der Waals surface area contributed by atoms with E-state index in [1.807, 2.05) is 0 Å². The smallest absolute Gasteiger partial charge is 0.00180 e. The van der Waals surface area contributed by atoms with E-state index in [0.717, 1.165) is 30.2 Å². The van der Waals surface area contributed by atoms with E-state index >= 15 is 0 Å². The Kier molecular flexibility index (Phi) is 5.66. The molecule has 15 heavy (non-hydrogen) atoms. The molecular weight excluding hydrogens is 182 g/mol. The van der Waals surface area contributed by atoms with Crippen LogP contribution in [0.15, 0.2) is 0 Å². The Morgan fingerprint density at radius 1 is 1.13 bits per heavy atom. The maximum Gasteiger partial charge on any atom is -0.00180 e. The molecule has 0 aromatic carbocycles. The maximum atomic E-state index is 3.53. The zero-order valence-electron chi connectivity index (χ0n) is 11.1.